The van der Waals surface area contributed by atoms with Crippen molar-refractivity contribution in [2.75, 3.05) is 5.32 Å². The first-order valence-electron chi connectivity index (χ1n) is 8.68. The van der Waals surface area contributed by atoms with Crippen LogP contribution in [0.4, 0.5) is 5.69 Å². The molecule has 1 aromatic carbocycles. The minimum Gasteiger partial charge on any atom is -0.382 e. The maximum absolute atomic E-state index is 3.82. The molecule has 2 saturated carbocycles. The van der Waals surface area contributed by atoms with Crippen molar-refractivity contribution < 1.29 is 0 Å². The van der Waals surface area contributed by atoms with Crippen molar-refractivity contribution in [3.05, 3.63) is 29.8 Å². The number of rotatable bonds is 5. The second kappa shape index (κ2) is 6.20. The van der Waals surface area contributed by atoms with E-state index in [0.29, 0.717) is 5.41 Å². The topological polar surface area (TPSA) is 12.0 Å². The minimum atomic E-state index is 0.652. The first kappa shape index (κ1) is 14.0. The number of unbranched alkanes of at least 4 members (excludes halogenated alkanes) is 1. The van der Waals surface area contributed by atoms with E-state index in [2.05, 4.69) is 36.5 Å². The molecule has 1 aromatic rings. The number of aryl methyl sites for hydroxylation is 1. The van der Waals surface area contributed by atoms with E-state index in [4.69, 9.17) is 0 Å². The van der Waals surface area contributed by atoms with E-state index in [-0.39, 0.29) is 0 Å². The Hall–Kier alpha value is -0.980. The first-order chi connectivity index (χ1) is 9.82. The Morgan fingerprint density at radius 3 is 2.40 bits per heavy atom. The third-order valence-electron chi connectivity index (χ3n) is 5.63. The number of nitrogens with one attached hydrogen (secondary N) is 1. The maximum Gasteiger partial charge on any atom is 0.0342 e. The second-order valence-electron chi connectivity index (χ2n) is 6.96. The van der Waals surface area contributed by atoms with Crippen LogP contribution in [-0.4, -0.2) is 6.04 Å². The summed E-state index contributed by atoms with van der Waals surface area (Å²) in [6, 6.07) is 9.94. The highest BCUT2D eigenvalue weighted by Gasteiger charge is 2.46. The molecule has 1 unspecified atom stereocenters. The standard InChI is InChI=1S/C19H29N/c1-2-3-7-16-8-10-17(11-9-16)20-18-12-15-19(18)13-5-4-6-14-19/h8-11,18,20H,2-7,12-15H2,1H3. The highest BCUT2D eigenvalue weighted by Crippen LogP contribution is 2.52. The Balaban J connectivity index is 1.57. The van der Waals surface area contributed by atoms with E-state index in [9.17, 15) is 0 Å². The van der Waals surface area contributed by atoms with Crippen molar-refractivity contribution in [3.8, 4) is 0 Å². The van der Waals surface area contributed by atoms with E-state index in [1.54, 1.807) is 0 Å². The van der Waals surface area contributed by atoms with Crippen LogP contribution in [0.2, 0.25) is 0 Å². The van der Waals surface area contributed by atoms with Gasteiger partial charge in [-0.05, 0) is 61.6 Å². The van der Waals surface area contributed by atoms with E-state index in [0.717, 1.165) is 6.04 Å². The van der Waals surface area contributed by atoms with E-state index < -0.39 is 0 Å². The van der Waals surface area contributed by atoms with Gasteiger partial charge >= 0.3 is 0 Å². The Morgan fingerprint density at radius 2 is 1.80 bits per heavy atom. The molecular weight excluding hydrogens is 242 g/mol. The highest BCUT2D eigenvalue weighted by atomic mass is 15.0. The summed E-state index contributed by atoms with van der Waals surface area (Å²) < 4.78 is 0. The number of anilines is 1. The Labute approximate surface area is 124 Å². The molecule has 1 N–H and O–H groups in total. The summed E-state index contributed by atoms with van der Waals surface area (Å²) in [6.45, 7) is 2.26. The minimum absolute atomic E-state index is 0.652. The molecule has 2 aliphatic carbocycles. The zero-order valence-electron chi connectivity index (χ0n) is 13.0. The molecule has 0 bridgehead atoms. The Bertz CT molecular complexity index is 414. The average Bonchev–Trinajstić information content (AvgIpc) is 2.51. The van der Waals surface area contributed by atoms with Crippen LogP contribution in [0.1, 0.15) is 70.3 Å². The summed E-state index contributed by atoms with van der Waals surface area (Å²) in [5.41, 5.74) is 3.47. The van der Waals surface area contributed by atoms with E-state index in [1.165, 1.54) is 75.5 Å². The molecule has 1 spiro atoms. The van der Waals surface area contributed by atoms with Crippen LogP contribution in [0.5, 0.6) is 0 Å². The molecule has 0 amide bonds. The van der Waals surface area contributed by atoms with Crippen molar-refractivity contribution in [2.45, 2.75) is 77.2 Å². The van der Waals surface area contributed by atoms with Crippen molar-refractivity contribution in [1.29, 1.82) is 0 Å². The summed E-state index contributed by atoms with van der Waals surface area (Å²) in [7, 11) is 0. The monoisotopic (exact) mass is 271 g/mol. The third-order valence-corrected chi connectivity index (χ3v) is 5.63. The van der Waals surface area contributed by atoms with Gasteiger partial charge in [0.05, 0.1) is 0 Å². The molecule has 1 atom stereocenters. The molecular formula is C19H29N. The molecule has 2 fully saturated rings. The second-order valence-corrected chi connectivity index (χ2v) is 6.96. The van der Waals surface area contributed by atoms with Gasteiger partial charge in [-0.1, -0.05) is 44.7 Å². The summed E-state index contributed by atoms with van der Waals surface area (Å²) >= 11 is 0. The number of hydrogen-bond acceptors (Lipinski definition) is 1. The van der Waals surface area contributed by atoms with Crippen LogP contribution >= 0.6 is 0 Å². The molecule has 0 aliphatic heterocycles. The fraction of sp³-hybridized carbons (Fsp3) is 0.684. The van der Waals surface area contributed by atoms with Gasteiger partial charge in [0.15, 0.2) is 0 Å². The first-order valence-corrected chi connectivity index (χ1v) is 8.68. The van der Waals surface area contributed by atoms with Gasteiger partial charge in [-0.25, -0.2) is 0 Å². The molecule has 0 radical (unpaired) electrons. The molecule has 1 nitrogen and oxygen atoms in total. The average molecular weight is 271 g/mol. The lowest BCUT2D eigenvalue weighted by Gasteiger charge is -2.52. The Morgan fingerprint density at radius 1 is 1.05 bits per heavy atom. The van der Waals surface area contributed by atoms with Crippen molar-refractivity contribution in [3.63, 3.8) is 0 Å². The lowest BCUT2D eigenvalue weighted by atomic mass is 9.57. The fourth-order valence-electron chi connectivity index (χ4n) is 4.13. The summed E-state index contributed by atoms with van der Waals surface area (Å²) in [5.74, 6) is 0. The normalized spacial score (nSPS) is 24.4. The smallest absolute Gasteiger partial charge is 0.0342 e. The Kier molecular flexibility index (Phi) is 4.33. The zero-order valence-corrected chi connectivity index (χ0v) is 13.0. The maximum atomic E-state index is 3.82. The van der Waals surface area contributed by atoms with Gasteiger partial charge in [0.2, 0.25) is 0 Å². The molecule has 20 heavy (non-hydrogen) atoms. The van der Waals surface area contributed by atoms with Crippen molar-refractivity contribution in [1.82, 2.24) is 0 Å². The van der Waals surface area contributed by atoms with Crippen molar-refractivity contribution in [2.24, 2.45) is 5.41 Å². The van der Waals surface area contributed by atoms with Gasteiger partial charge in [0, 0.05) is 11.7 Å². The van der Waals surface area contributed by atoms with E-state index >= 15 is 0 Å². The SMILES string of the molecule is CCCCc1ccc(NC2CCC23CCCCC3)cc1. The molecule has 0 aromatic heterocycles. The van der Waals surface area contributed by atoms with Gasteiger partial charge < -0.3 is 5.32 Å². The number of benzene rings is 1. The van der Waals surface area contributed by atoms with Crippen LogP contribution in [-0.2, 0) is 6.42 Å². The molecule has 3 rings (SSSR count). The lowest BCUT2D eigenvalue weighted by Crippen LogP contribution is -2.50. The third kappa shape index (κ3) is 2.87. The van der Waals surface area contributed by atoms with Crippen LogP contribution in [0.3, 0.4) is 0 Å². The number of hydrogen-bond donors (Lipinski definition) is 1. The summed E-state index contributed by atoms with van der Waals surface area (Å²) in [5, 5.41) is 3.82. The van der Waals surface area contributed by atoms with Crippen LogP contribution in [0, 0.1) is 5.41 Å². The molecule has 0 heterocycles. The molecule has 1 heteroatoms. The predicted octanol–water partition coefficient (Wildman–Crippen LogP) is 5.55. The highest BCUT2D eigenvalue weighted by molar-refractivity contribution is 5.46. The quantitative estimate of drug-likeness (QED) is 0.740. The fourth-order valence-corrected chi connectivity index (χ4v) is 4.13. The lowest BCUT2D eigenvalue weighted by molar-refractivity contribution is 0.0571. The molecule has 0 saturated heterocycles. The van der Waals surface area contributed by atoms with Gasteiger partial charge in [0.25, 0.3) is 0 Å². The van der Waals surface area contributed by atoms with Gasteiger partial charge in [-0.15, -0.1) is 0 Å². The van der Waals surface area contributed by atoms with Crippen LogP contribution in [0.25, 0.3) is 0 Å². The van der Waals surface area contributed by atoms with Gasteiger partial charge in [0.1, 0.15) is 0 Å². The van der Waals surface area contributed by atoms with E-state index in [1.807, 2.05) is 0 Å². The van der Waals surface area contributed by atoms with Crippen LogP contribution < -0.4 is 5.32 Å². The summed E-state index contributed by atoms with van der Waals surface area (Å²) in [4.78, 5) is 0. The van der Waals surface area contributed by atoms with Crippen LogP contribution in [0.15, 0.2) is 24.3 Å². The van der Waals surface area contributed by atoms with Gasteiger partial charge in [-0.2, -0.15) is 0 Å². The summed E-state index contributed by atoms with van der Waals surface area (Å²) in [6.07, 6.45) is 13.9. The zero-order chi connectivity index (χ0) is 13.8. The predicted molar refractivity (Wildman–Crippen MR) is 87.2 cm³/mol. The van der Waals surface area contributed by atoms with Crippen molar-refractivity contribution >= 4 is 5.69 Å². The molecule has 2 aliphatic rings. The largest absolute Gasteiger partial charge is 0.382 e. The molecule has 110 valence electrons. The van der Waals surface area contributed by atoms with Gasteiger partial charge in [-0.3, -0.25) is 0 Å².